The van der Waals surface area contributed by atoms with Crippen molar-refractivity contribution >= 4 is 0 Å². The second-order valence-electron chi connectivity index (χ2n) is 5.08. The minimum Gasteiger partial charge on any atom is -0.472 e. The molecule has 0 radical (unpaired) electrons. The van der Waals surface area contributed by atoms with Crippen molar-refractivity contribution in [2.75, 3.05) is 0 Å². The van der Waals surface area contributed by atoms with Crippen molar-refractivity contribution in [3.05, 3.63) is 36.5 Å². The topological polar surface area (TPSA) is 73.9 Å². The van der Waals surface area contributed by atoms with Crippen LogP contribution in [0, 0.1) is 0 Å². The fourth-order valence-electron chi connectivity index (χ4n) is 2.46. The van der Waals surface area contributed by atoms with E-state index in [1.54, 1.807) is 6.20 Å². The second-order valence-corrected chi connectivity index (χ2v) is 5.08. The van der Waals surface area contributed by atoms with Gasteiger partial charge in [-0.15, -0.1) is 10.2 Å². The third kappa shape index (κ3) is 2.93. The Labute approximate surface area is 118 Å². The van der Waals surface area contributed by atoms with Gasteiger partial charge in [-0.3, -0.25) is 4.98 Å². The highest BCUT2D eigenvalue weighted by molar-refractivity contribution is 5.52. The first kappa shape index (κ1) is 13.0. The monoisotopic (exact) mass is 270 g/mol. The summed E-state index contributed by atoms with van der Waals surface area (Å²) < 4.78 is 5.84. The summed E-state index contributed by atoms with van der Waals surface area (Å²) in [4.78, 5) is 4.24. The number of nitrogens with zero attached hydrogens (tertiary/aromatic N) is 3. The van der Waals surface area contributed by atoms with Gasteiger partial charge in [-0.2, -0.15) is 0 Å². The molecule has 2 N–H and O–H groups in total. The molecule has 104 valence electrons. The van der Waals surface area contributed by atoms with E-state index < -0.39 is 0 Å². The Morgan fingerprint density at radius 2 is 1.90 bits per heavy atom. The van der Waals surface area contributed by atoms with Crippen LogP contribution in [0.15, 0.2) is 36.5 Å². The molecule has 1 aliphatic rings. The molecule has 2 atom stereocenters. The van der Waals surface area contributed by atoms with E-state index in [1.165, 1.54) is 6.42 Å². The summed E-state index contributed by atoms with van der Waals surface area (Å²) in [7, 11) is 0. The van der Waals surface area contributed by atoms with Crippen LogP contribution >= 0.6 is 0 Å². The number of ether oxygens (including phenoxy) is 1. The lowest BCUT2D eigenvalue weighted by molar-refractivity contribution is 0.125. The molecule has 0 bridgehead atoms. The maximum atomic E-state index is 6.06. The first-order chi connectivity index (χ1) is 9.83. The number of nitrogens with two attached hydrogens (primary N) is 1. The van der Waals surface area contributed by atoms with Gasteiger partial charge in [0.2, 0.25) is 5.88 Å². The largest absolute Gasteiger partial charge is 0.472 e. The van der Waals surface area contributed by atoms with Crippen LogP contribution in [0.25, 0.3) is 11.4 Å². The summed E-state index contributed by atoms with van der Waals surface area (Å²) in [5, 5.41) is 8.28. The van der Waals surface area contributed by atoms with Gasteiger partial charge in [0.1, 0.15) is 11.8 Å². The highest BCUT2D eigenvalue weighted by Crippen LogP contribution is 2.22. The normalized spacial score (nSPS) is 22.4. The van der Waals surface area contributed by atoms with Crippen molar-refractivity contribution in [2.24, 2.45) is 5.73 Å². The van der Waals surface area contributed by atoms with Crippen LogP contribution in [0.1, 0.15) is 25.7 Å². The predicted molar refractivity (Wildman–Crippen MR) is 76.1 cm³/mol. The summed E-state index contributed by atoms with van der Waals surface area (Å²) in [5.74, 6) is 0.534. The van der Waals surface area contributed by atoms with E-state index in [1.807, 2.05) is 30.3 Å². The molecule has 0 amide bonds. The summed E-state index contributed by atoms with van der Waals surface area (Å²) in [5.41, 5.74) is 7.61. The van der Waals surface area contributed by atoms with Gasteiger partial charge >= 0.3 is 0 Å². The second kappa shape index (κ2) is 5.96. The molecule has 3 rings (SSSR count). The molecule has 5 nitrogen and oxygen atoms in total. The molecule has 0 aromatic carbocycles. The van der Waals surface area contributed by atoms with Crippen molar-refractivity contribution in [2.45, 2.75) is 37.8 Å². The highest BCUT2D eigenvalue weighted by Gasteiger charge is 2.23. The minimum atomic E-state index is 0.0544. The van der Waals surface area contributed by atoms with E-state index >= 15 is 0 Å². The van der Waals surface area contributed by atoms with Gasteiger partial charge in [0.25, 0.3) is 0 Å². The third-order valence-corrected chi connectivity index (χ3v) is 3.59. The molecule has 1 saturated carbocycles. The van der Waals surface area contributed by atoms with Gasteiger partial charge in [-0.05, 0) is 37.5 Å². The van der Waals surface area contributed by atoms with E-state index in [-0.39, 0.29) is 12.1 Å². The molecule has 1 aliphatic carbocycles. The molecular weight excluding hydrogens is 252 g/mol. The van der Waals surface area contributed by atoms with Crippen LogP contribution in [0.3, 0.4) is 0 Å². The average Bonchev–Trinajstić information content (AvgIpc) is 2.51. The Balaban J connectivity index is 1.70. The van der Waals surface area contributed by atoms with Crippen LogP contribution < -0.4 is 10.5 Å². The zero-order valence-corrected chi connectivity index (χ0v) is 11.3. The van der Waals surface area contributed by atoms with Crippen molar-refractivity contribution in [3.8, 4) is 17.3 Å². The summed E-state index contributed by atoms with van der Waals surface area (Å²) in [6.07, 6.45) is 6.15. The number of hydrogen-bond acceptors (Lipinski definition) is 5. The third-order valence-electron chi connectivity index (χ3n) is 3.59. The Bertz CT molecular complexity index is 544. The van der Waals surface area contributed by atoms with Crippen LogP contribution in [-0.2, 0) is 0 Å². The fourth-order valence-corrected chi connectivity index (χ4v) is 2.46. The maximum absolute atomic E-state index is 6.06. The molecule has 1 fully saturated rings. The maximum Gasteiger partial charge on any atom is 0.233 e. The Morgan fingerprint density at radius 3 is 2.60 bits per heavy atom. The average molecular weight is 270 g/mol. The van der Waals surface area contributed by atoms with Gasteiger partial charge < -0.3 is 10.5 Å². The number of rotatable bonds is 3. The van der Waals surface area contributed by atoms with E-state index in [9.17, 15) is 0 Å². The fraction of sp³-hybridized carbons (Fsp3) is 0.400. The number of aromatic nitrogens is 3. The SMILES string of the molecule is NC1CCCC[C@@H]1Oc1ccc(-c2ccccn2)nn1. The van der Waals surface area contributed by atoms with Gasteiger partial charge in [-0.25, -0.2) is 0 Å². The Kier molecular flexibility index (Phi) is 3.87. The van der Waals surface area contributed by atoms with Gasteiger partial charge in [0.05, 0.1) is 5.69 Å². The molecule has 1 unspecified atom stereocenters. The lowest BCUT2D eigenvalue weighted by atomic mass is 9.93. The number of pyridine rings is 1. The van der Waals surface area contributed by atoms with Crippen molar-refractivity contribution in [1.29, 1.82) is 0 Å². The summed E-state index contributed by atoms with van der Waals surface area (Å²) in [6.45, 7) is 0. The van der Waals surface area contributed by atoms with Crippen LogP contribution in [0.4, 0.5) is 0 Å². The van der Waals surface area contributed by atoms with Gasteiger partial charge in [0, 0.05) is 18.3 Å². The van der Waals surface area contributed by atoms with E-state index in [4.69, 9.17) is 10.5 Å². The standard InChI is InChI=1S/C15H18N4O/c16-11-5-1-2-7-14(11)20-15-9-8-13(18-19-15)12-6-3-4-10-17-12/h3-4,6,8-11,14H,1-2,5,7,16H2/t11?,14-/m0/s1. The minimum absolute atomic E-state index is 0.0544. The quantitative estimate of drug-likeness (QED) is 0.925. The number of hydrogen-bond donors (Lipinski definition) is 1. The smallest absolute Gasteiger partial charge is 0.233 e. The van der Waals surface area contributed by atoms with Crippen LogP contribution in [0.2, 0.25) is 0 Å². The summed E-state index contributed by atoms with van der Waals surface area (Å²) >= 11 is 0. The zero-order chi connectivity index (χ0) is 13.8. The van der Waals surface area contributed by atoms with Crippen LogP contribution in [-0.4, -0.2) is 27.3 Å². The molecule has 2 heterocycles. The van der Waals surface area contributed by atoms with Crippen molar-refractivity contribution < 1.29 is 4.74 Å². The molecule has 5 heteroatoms. The highest BCUT2D eigenvalue weighted by atomic mass is 16.5. The molecule has 0 saturated heterocycles. The Morgan fingerprint density at radius 1 is 1.00 bits per heavy atom. The van der Waals surface area contributed by atoms with Gasteiger partial charge in [-0.1, -0.05) is 12.5 Å². The van der Waals surface area contributed by atoms with E-state index in [0.717, 1.165) is 30.7 Å². The van der Waals surface area contributed by atoms with E-state index in [2.05, 4.69) is 15.2 Å². The molecule has 0 aliphatic heterocycles. The lowest BCUT2D eigenvalue weighted by Crippen LogP contribution is -2.41. The Hall–Kier alpha value is -2.01. The zero-order valence-electron chi connectivity index (χ0n) is 11.3. The van der Waals surface area contributed by atoms with Crippen molar-refractivity contribution in [3.63, 3.8) is 0 Å². The lowest BCUT2D eigenvalue weighted by Gasteiger charge is -2.28. The van der Waals surface area contributed by atoms with E-state index in [0.29, 0.717) is 5.88 Å². The predicted octanol–water partition coefficient (Wildman–Crippen LogP) is 2.19. The summed E-state index contributed by atoms with van der Waals surface area (Å²) in [6, 6.07) is 9.51. The molecule has 0 spiro atoms. The molecule has 2 aromatic rings. The first-order valence-electron chi connectivity index (χ1n) is 7.00. The molecule has 20 heavy (non-hydrogen) atoms. The first-order valence-corrected chi connectivity index (χ1v) is 7.00. The van der Waals surface area contributed by atoms with Crippen LogP contribution in [0.5, 0.6) is 5.88 Å². The molecule has 2 aromatic heterocycles. The van der Waals surface area contributed by atoms with Crippen molar-refractivity contribution in [1.82, 2.24) is 15.2 Å². The van der Waals surface area contributed by atoms with Gasteiger partial charge in [0.15, 0.2) is 0 Å². The molecular formula is C15H18N4O.